The van der Waals surface area contributed by atoms with Gasteiger partial charge >= 0.3 is 0 Å². The average Bonchev–Trinajstić information content (AvgIpc) is 3.10. The van der Waals surface area contributed by atoms with Crippen molar-refractivity contribution in [2.75, 3.05) is 0 Å². The van der Waals surface area contributed by atoms with Crippen molar-refractivity contribution in [3.63, 3.8) is 0 Å². The van der Waals surface area contributed by atoms with E-state index >= 15 is 0 Å². The van der Waals surface area contributed by atoms with Crippen LogP contribution >= 0.6 is 0 Å². The molecule has 2 N–H and O–H groups in total. The highest BCUT2D eigenvalue weighted by Gasteiger charge is 2.45. The molecule has 3 nitrogen and oxygen atoms in total. The van der Waals surface area contributed by atoms with Crippen LogP contribution in [-0.4, -0.2) is 9.55 Å². The van der Waals surface area contributed by atoms with Crippen LogP contribution in [0.2, 0.25) is 0 Å². The number of nitrogens with zero attached hydrogens (tertiary/aromatic N) is 2. The first kappa shape index (κ1) is 14.3. The molecule has 1 heterocycles. The van der Waals surface area contributed by atoms with Crippen LogP contribution in [0.25, 0.3) is 0 Å². The zero-order valence-corrected chi connectivity index (χ0v) is 13.0. The first-order valence-corrected chi connectivity index (χ1v) is 7.90. The van der Waals surface area contributed by atoms with E-state index < -0.39 is 0 Å². The quantitative estimate of drug-likeness (QED) is 0.881. The summed E-state index contributed by atoms with van der Waals surface area (Å²) in [5.41, 5.74) is 9.34. The van der Waals surface area contributed by atoms with E-state index in [2.05, 4.69) is 47.7 Å². The van der Waals surface area contributed by atoms with Crippen molar-refractivity contribution in [2.24, 2.45) is 17.1 Å². The standard InChI is InChI=1S/C18H25N3/c1-14(2)18(8-9-18)12-21-13-20-11-17(21)16(19)10-15-6-4-3-5-7-15/h3-7,11,13-14,16H,8-10,12,19H2,1-2H3/t16-/m1/s1. The van der Waals surface area contributed by atoms with Crippen molar-refractivity contribution in [1.82, 2.24) is 9.55 Å². The number of nitrogens with two attached hydrogens (primary N) is 1. The minimum atomic E-state index is 0.0119. The summed E-state index contributed by atoms with van der Waals surface area (Å²) in [7, 11) is 0. The van der Waals surface area contributed by atoms with Crippen molar-refractivity contribution in [2.45, 2.75) is 45.7 Å². The molecule has 0 amide bonds. The lowest BCUT2D eigenvalue weighted by Crippen LogP contribution is -2.23. The van der Waals surface area contributed by atoms with Crippen LogP contribution in [-0.2, 0) is 13.0 Å². The SMILES string of the molecule is CC(C)C1(Cn2cncc2[C@H](N)Cc2ccccc2)CC1. The van der Waals surface area contributed by atoms with Gasteiger partial charge < -0.3 is 10.3 Å². The van der Waals surface area contributed by atoms with Gasteiger partial charge in [-0.05, 0) is 36.2 Å². The Labute approximate surface area is 127 Å². The summed E-state index contributed by atoms with van der Waals surface area (Å²) in [5, 5.41) is 0. The van der Waals surface area contributed by atoms with Gasteiger partial charge in [0, 0.05) is 12.7 Å². The van der Waals surface area contributed by atoms with E-state index in [-0.39, 0.29) is 6.04 Å². The summed E-state index contributed by atoms with van der Waals surface area (Å²) in [4.78, 5) is 4.34. The second-order valence-corrected chi connectivity index (χ2v) is 6.76. The number of aromatic nitrogens is 2. The average molecular weight is 283 g/mol. The van der Waals surface area contributed by atoms with Gasteiger partial charge in [0.25, 0.3) is 0 Å². The maximum Gasteiger partial charge on any atom is 0.0948 e. The Morgan fingerprint density at radius 2 is 1.95 bits per heavy atom. The highest BCUT2D eigenvalue weighted by Crippen LogP contribution is 2.53. The van der Waals surface area contributed by atoms with Gasteiger partial charge in [-0.2, -0.15) is 0 Å². The van der Waals surface area contributed by atoms with E-state index in [0.29, 0.717) is 5.41 Å². The predicted molar refractivity (Wildman–Crippen MR) is 85.8 cm³/mol. The second-order valence-electron chi connectivity index (χ2n) is 6.76. The Morgan fingerprint density at radius 3 is 2.57 bits per heavy atom. The molecule has 1 aromatic heterocycles. The molecule has 21 heavy (non-hydrogen) atoms. The number of hydrogen-bond donors (Lipinski definition) is 1. The van der Waals surface area contributed by atoms with E-state index in [0.717, 1.165) is 24.6 Å². The molecule has 3 heteroatoms. The molecule has 2 aromatic rings. The number of rotatable bonds is 6. The molecular weight excluding hydrogens is 258 g/mol. The molecule has 1 aromatic carbocycles. The minimum absolute atomic E-state index is 0.0119. The number of benzene rings is 1. The summed E-state index contributed by atoms with van der Waals surface area (Å²) >= 11 is 0. The Hall–Kier alpha value is -1.61. The van der Waals surface area contributed by atoms with Crippen LogP contribution < -0.4 is 5.73 Å². The first-order valence-electron chi connectivity index (χ1n) is 7.90. The highest BCUT2D eigenvalue weighted by atomic mass is 15.1. The molecule has 1 saturated carbocycles. The highest BCUT2D eigenvalue weighted by molar-refractivity contribution is 5.19. The van der Waals surface area contributed by atoms with Gasteiger partial charge in [-0.1, -0.05) is 44.2 Å². The van der Waals surface area contributed by atoms with Crippen molar-refractivity contribution >= 4 is 0 Å². The zero-order valence-electron chi connectivity index (χ0n) is 13.0. The van der Waals surface area contributed by atoms with Crippen LogP contribution in [0, 0.1) is 11.3 Å². The van der Waals surface area contributed by atoms with Crippen molar-refractivity contribution in [3.8, 4) is 0 Å². The van der Waals surface area contributed by atoms with Gasteiger partial charge in [-0.15, -0.1) is 0 Å². The zero-order chi connectivity index (χ0) is 14.9. The number of imidazole rings is 1. The lowest BCUT2D eigenvalue weighted by atomic mass is 9.92. The maximum absolute atomic E-state index is 6.43. The molecule has 1 aliphatic carbocycles. The van der Waals surface area contributed by atoms with E-state index in [4.69, 9.17) is 5.73 Å². The van der Waals surface area contributed by atoms with E-state index in [9.17, 15) is 0 Å². The summed E-state index contributed by atoms with van der Waals surface area (Å²) in [6.45, 7) is 5.71. The molecule has 0 unspecified atom stereocenters. The summed E-state index contributed by atoms with van der Waals surface area (Å²) in [5.74, 6) is 0.720. The minimum Gasteiger partial charge on any atom is -0.333 e. The fourth-order valence-corrected chi connectivity index (χ4v) is 3.16. The second kappa shape index (κ2) is 5.64. The third kappa shape index (κ3) is 3.03. The lowest BCUT2D eigenvalue weighted by Gasteiger charge is -2.23. The smallest absolute Gasteiger partial charge is 0.0948 e. The van der Waals surface area contributed by atoms with Crippen LogP contribution in [0.15, 0.2) is 42.9 Å². The summed E-state index contributed by atoms with van der Waals surface area (Å²) in [6, 6.07) is 10.5. The topological polar surface area (TPSA) is 43.8 Å². The third-order valence-electron chi connectivity index (χ3n) is 5.03. The molecule has 3 rings (SSSR count). The van der Waals surface area contributed by atoms with Crippen LogP contribution in [0.1, 0.15) is 44.0 Å². The summed E-state index contributed by atoms with van der Waals surface area (Å²) in [6.07, 6.45) is 7.40. The van der Waals surface area contributed by atoms with Gasteiger partial charge in [0.05, 0.1) is 18.1 Å². The Kier molecular flexibility index (Phi) is 3.85. The van der Waals surface area contributed by atoms with E-state index in [1.54, 1.807) is 0 Å². The molecule has 0 bridgehead atoms. The van der Waals surface area contributed by atoms with E-state index in [1.807, 2.05) is 18.6 Å². The molecule has 112 valence electrons. The molecule has 0 spiro atoms. The molecule has 0 radical (unpaired) electrons. The van der Waals surface area contributed by atoms with Gasteiger partial charge in [0.1, 0.15) is 0 Å². The number of hydrogen-bond acceptors (Lipinski definition) is 2. The van der Waals surface area contributed by atoms with Gasteiger partial charge in [-0.3, -0.25) is 0 Å². The van der Waals surface area contributed by atoms with Crippen LogP contribution in [0.4, 0.5) is 0 Å². The van der Waals surface area contributed by atoms with Gasteiger partial charge in [0.2, 0.25) is 0 Å². The molecular formula is C18H25N3. The normalized spacial score (nSPS) is 17.9. The fourth-order valence-electron chi connectivity index (χ4n) is 3.16. The Morgan fingerprint density at radius 1 is 1.24 bits per heavy atom. The molecule has 1 fully saturated rings. The largest absolute Gasteiger partial charge is 0.333 e. The van der Waals surface area contributed by atoms with Crippen LogP contribution in [0.3, 0.4) is 0 Å². The third-order valence-corrected chi connectivity index (χ3v) is 5.03. The predicted octanol–water partition coefficient (Wildman–Crippen LogP) is 3.56. The maximum atomic E-state index is 6.43. The summed E-state index contributed by atoms with van der Waals surface area (Å²) < 4.78 is 2.28. The molecule has 0 aliphatic heterocycles. The molecule has 0 saturated heterocycles. The monoisotopic (exact) mass is 283 g/mol. The van der Waals surface area contributed by atoms with Crippen molar-refractivity contribution < 1.29 is 0 Å². The Bertz CT molecular complexity index is 582. The Balaban J connectivity index is 1.73. The molecule has 1 aliphatic rings. The van der Waals surface area contributed by atoms with Gasteiger partial charge in [0.15, 0.2) is 0 Å². The van der Waals surface area contributed by atoms with Crippen molar-refractivity contribution in [3.05, 3.63) is 54.1 Å². The lowest BCUT2D eigenvalue weighted by molar-refractivity contribution is 0.303. The van der Waals surface area contributed by atoms with E-state index in [1.165, 1.54) is 18.4 Å². The van der Waals surface area contributed by atoms with Crippen molar-refractivity contribution in [1.29, 1.82) is 0 Å². The first-order chi connectivity index (χ1) is 10.1. The fraction of sp³-hybridized carbons (Fsp3) is 0.500. The van der Waals surface area contributed by atoms with Crippen LogP contribution in [0.5, 0.6) is 0 Å². The van der Waals surface area contributed by atoms with Gasteiger partial charge in [-0.25, -0.2) is 4.98 Å². The molecule has 1 atom stereocenters.